The lowest BCUT2D eigenvalue weighted by molar-refractivity contribution is -0.172. The quantitative estimate of drug-likeness (QED) is 0.818. The third-order valence-corrected chi connectivity index (χ3v) is 5.84. The van der Waals surface area contributed by atoms with Crippen molar-refractivity contribution in [1.29, 1.82) is 0 Å². The highest BCUT2D eigenvalue weighted by Crippen LogP contribution is 2.50. The van der Waals surface area contributed by atoms with Gasteiger partial charge in [-0.15, -0.1) is 0 Å². The van der Waals surface area contributed by atoms with Gasteiger partial charge in [0.1, 0.15) is 0 Å². The standard InChI is InChI=1S/C15H28N2O/c1-15(2)13(9-14(15)18-3)17-11-5-4-6-12(17)8-10(16)7-11/h10-14H,4-9,16H2,1-3H3. The Balaban J connectivity index is 1.76. The first kappa shape index (κ1) is 12.9. The van der Waals surface area contributed by atoms with E-state index in [-0.39, 0.29) is 0 Å². The summed E-state index contributed by atoms with van der Waals surface area (Å²) in [5, 5.41) is 0. The normalized spacial score (nSPS) is 47.7. The predicted molar refractivity (Wildman–Crippen MR) is 73.5 cm³/mol. The van der Waals surface area contributed by atoms with Crippen molar-refractivity contribution >= 4 is 0 Å². The summed E-state index contributed by atoms with van der Waals surface area (Å²) in [5.74, 6) is 0. The monoisotopic (exact) mass is 252 g/mol. The van der Waals surface area contributed by atoms with Crippen molar-refractivity contribution in [3.8, 4) is 0 Å². The van der Waals surface area contributed by atoms with Gasteiger partial charge in [-0.3, -0.25) is 4.90 Å². The van der Waals surface area contributed by atoms with E-state index in [2.05, 4.69) is 18.7 Å². The Morgan fingerprint density at radius 1 is 1.11 bits per heavy atom. The molecule has 1 aliphatic carbocycles. The zero-order chi connectivity index (χ0) is 12.9. The van der Waals surface area contributed by atoms with Gasteiger partial charge in [-0.1, -0.05) is 20.3 Å². The second-order valence-corrected chi connectivity index (χ2v) is 7.21. The molecule has 1 saturated carbocycles. The first-order valence-corrected chi connectivity index (χ1v) is 7.60. The lowest BCUT2D eigenvalue weighted by Gasteiger charge is -2.62. The average Bonchev–Trinajstić information content (AvgIpc) is 2.29. The van der Waals surface area contributed by atoms with Crippen LogP contribution in [0.1, 0.15) is 52.4 Å². The highest BCUT2D eigenvalue weighted by Gasteiger charge is 2.55. The summed E-state index contributed by atoms with van der Waals surface area (Å²) in [6, 6.07) is 2.65. The highest BCUT2D eigenvalue weighted by atomic mass is 16.5. The molecule has 4 unspecified atom stereocenters. The average molecular weight is 252 g/mol. The van der Waals surface area contributed by atoms with Gasteiger partial charge < -0.3 is 10.5 Å². The van der Waals surface area contributed by atoms with E-state index in [0.717, 1.165) is 12.1 Å². The molecule has 3 aliphatic rings. The van der Waals surface area contributed by atoms with Gasteiger partial charge in [0.05, 0.1) is 6.10 Å². The number of hydrogen-bond acceptors (Lipinski definition) is 3. The second kappa shape index (κ2) is 4.46. The zero-order valence-electron chi connectivity index (χ0n) is 12.1. The maximum absolute atomic E-state index is 6.22. The zero-order valence-corrected chi connectivity index (χ0v) is 12.1. The van der Waals surface area contributed by atoms with Crippen molar-refractivity contribution < 1.29 is 4.74 Å². The van der Waals surface area contributed by atoms with E-state index in [9.17, 15) is 0 Å². The van der Waals surface area contributed by atoms with Crippen molar-refractivity contribution in [3.05, 3.63) is 0 Å². The molecule has 0 radical (unpaired) electrons. The van der Waals surface area contributed by atoms with E-state index in [1.807, 2.05) is 7.11 Å². The minimum absolute atomic E-state index is 0.310. The van der Waals surface area contributed by atoms with Gasteiger partial charge in [0, 0.05) is 36.7 Å². The number of nitrogens with zero attached hydrogens (tertiary/aromatic N) is 1. The Bertz CT molecular complexity index is 304. The molecule has 0 aromatic heterocycles. The van der Waals surface area contributed by atoms with Crippen LogP contribution in [0, 0.1) is 5.41 Å². The van der Waals surface area contributed by atoms with Gasteiger partial charge in [0.25, 0.3) is 0 Å². The molecule has 0 aromatic rings. The summed E-state index contributed by atoms with van der Waals surface area (Å²) < 4.78 is 5.61. The summed E-state index contributed by atoms with van der Waals surface area (Å²) in [6.45, 7) is 4.75. The van der Waals surface area contributed by atoms with Crippen molar-refractivity contribution in [2.75, 3.05) is 7.11 Å². The summed E-state index contributed by atoms with van der Waals surface area (Å²) in [5.41, 5.74) is 6.53. The van der Waals surface area contributed by atoms with Crippen LogP contribution in [-0.4, -0.2) is 42.3 Å². The number of piperidine rings is 2. The van der Waals surface area contributed by atoms with Gasteiger partial charge in [0.15, 0.2) is 0 Å². The van der Waals surface area contributed by atoms with Crippen LogP contribution in [0.25, 0.3) is 0 Å². The molecule has 2 aliphatic heterocycles. The predicted octanol–water partition coefficient (Wildman–Crippen LogP) is 2.14. The summed E-state index contributed by atoms with van der Waals surface area (Å²) in [6.07, 6.45) is 8.19. The lowest BCUT2D eigenvalue weighted by Crippen LogP contribution is -2.69. The Labute approximate surface area is 111 Å². The van der Waals surface area contributed by atoms with Gasteiger partial charge in [-0.2, -0.15) is 0 Å². The molecule has 104 valence electrons. The van der Waals surface area contributed by atoms with E-state index < -0.39 is 0 Å². The molecule has 3 fully saturated rings. The van der Waals surface area contributed by atoms with E-state index in [0.29, 0.717) is 23.6 Å². The molecule has 0 spiro atoms. The Kier molecular flexibility index (Phi) is 3.20. The van der Waals surface area contributed by atoms with Crippen LogP contribution < -0.4 is 5.73 Å². The number of nitrogens with two attached hydrogens (primary N) is 1. The van der Waals surface area contributed by atoms with Gasteiger partial charge >= 0.3 is 0 Å². The van der Waals surface area contributed by atoms with Crippen molar-refractivity contribution in [2.24, 2.45) is 11.1 Å². The van der Waals surface area contributed by atoms with E-state index >= 15 is 0 Å². The van der Waals surface area contributed by atoms with Crippen LogP contribution >= 0.6 is 0 Å². The van der Waals surface area contributed by atoms with Crippen LogP contribution in [-0.2, 0) is 4.74 Å². The van der Waals surface area contributed by atoms with Crippen molar-refractivity contribution in [2.45, 2.75) is 82.6 Å². The first-order valence-electron chi connectivity index (χ1n) is 7.60. The van der Waals surface area contributed by atoms with Crippen LogP contribution in [0.4, 0.5) is 0 Å². The molecule has 4 atom stereocenters. The third kappa shape index (κ3) is 1.83. The Hall–Kier alpha value is -0.120. The molecule has 0 aromatic carbocycles. The SMILES string of the molecule is COC1CC(N2C3CCCC2CC(N)C3)C1(C)C. The molecule has 0 amide bonds. The number of methoxy groups -OCH3 is 1. The fourth-order valence-electron chi connectivity index (χ4n) is 4.74. The molecule has 2 N–H and O–H groups in total. The van der Waals surface area contributed by atoms with Gasteiger partial charge in [-0.25, -0.2) is 0 Å². The molecule has 3 heteroatoms. The maximum Gasteiger partial charge on any atom is 0.0652 e. The van der Waals surface area contributed by atoms with E-state index in [1.165, 1.54) is 38.5 Å². The number of rotatable bonds is 2. The largest absolute Gasteiger partial charge is 0.381 e. The van der Waals surface area contributed by atoms with Gasteiger partial charge in [0.2, 0.25) is 0 Å². The Morgan fingerprint density at radius 2 is 1.72 bits per heavy atom. The van der Waals surface area contributed by atoms with Crippen molar-refractivity contribution in [1.82, 2.24) is 4.90 Å². The number of ether oxygens (including phenoxy) is 1. The number of hydrogen-bond donors (Lipinski definition) is 1. The maximum atomic E-state index is 6.22. The Morgan fingerprint density at radius 3 is 2.22 bits per heavy atom. The van der Waals surface area contributed by atoms with Crippen LogP contribution in [0.3, 0.4) is 0 Å². The minimum atomic E-state index is 0.310. The molecule has 3 nitrogen and oxygen atoms in total. The molecule has 2 saturated heterocycles. The summed E-state index contributed by atoms with van der Waals surface area (Å²) in [7, 11) is 1.86. The topological polar surface area (TPSA) is 38.5 Å². The van der Waals surface area contributed by atoms with Crippen molar-refractivity contribution in [3.63, 3.8) is 0 Å². The fourth-order valence-corrected chi connectivity index (χ4v) is 4.74. The van der Waals surface area contributed by atoms with Crippen LogP contribution in [0.15, 0.2) is 0 Å². The summed E-state index contributed by atoms with van der Waals surface area (Å²) in [4.78, 5) is 2.84. The fraction of sp³-hybridized carbons (Fsp3) is 1.00. The third-order valence-electron chi connectivity index (χ3n) is 5.84. The minimum Gasteiger partial charge on any atom is -0.381 e. The molecule has 3 rings (SSSR count). The molecule has 18 heavy (non-hydrogen) atoms. The molecular weight excluding hydrogens is 224 g/mol. The molecular formula is C15H28N2O. The smallest absolute Gasteiger partial charge is 0.0652 e. The van der Waals surface area contributed by atoms with Crippen LogP contribution in [0.2, 0.25) is 0 Å². The second-order valence-electron chi connectivity index (χ2n) is 7.21. The molecule has 2 bridgehead atoms. The van der Waals surface area contributed by atoms with E-state index in [4.69, 9.17) is 10.5 Å². The highest BCUT2D eigenvalue weighted by molar-refractivity contribution is 5.09. The lowest BCUT2D eigenvalue weighted by atomic mass is 9.61. The van der Waals surface area contributed by atoms with Gasteiger partial charge in [-0.05, 0) is 32.1 Å². The number of fused-ring (bicyclic) bond motifs is 2. The molecule has 2 heterocycles. The van der Waals surface area contributed by atoms with E-state index in [1.54, 1.807) is 0 Å². The first-order chi connectivity index (χ1) is 8.54. The summed E-state index contributed by atoms with van der Waals surface area (Å²) >= 11 is 0. The van der Waals surface area contributed by atoms with Crippen LogP contribution in [0.5, 0.6) is 0 Å².